The van der Waals surface area contributed by atoms with E-state index in [-0.39, 0.29) is 13.6 Å². The van der Waals surface area contributed by atoms with Gasteiger partial charge in [-0.2, -0.15) is 0 Å². The Bertz CT molecular complexity index is 1020. The summed E-state index contributed by atoms with van der Waals surface area (Å²) in [6.45, 7) is 0.426. The minimum atomic E-state index is -0.760. The highest BCUT2D eigenvalue weighted by atomic mass is 16.7. The van der Waals surface area contributed by atoms with Crippen molar-refractivity contribution in [1.82, 2.24) is 0 Å². The van der Waals surface area contributed by atoms with Crippen LogP contribution in [0.3, 0.4) is 0 Å². The molecule has 0 saturated heterocycles. The Morgan fingerprint density at radius 2 is 1.10 bits per heavy atom. The zero-order valence-corrected chi connectivity index (χ0v) is 16.4. The Morgan fingerprint density at radius 3 is 1.58 bits per heavy atom. The van der Waals surface area contributed by atoms with Gasteiger partial charge in [0.15, 0.2) is 23.0 Å². The van der Waals surface area contributed by atoms with Gasteiger partial charge in [-0.05, 0) is 35.4 Å². The lowest BCUT2D eigenvalue weighted by molar-refractivity contribution is -0.152. The summed E-state index contributed by atoms with van der Waals surface area (Å²) in [7, 11) is 0. The predicted molar refractivity (Wildman–Crippen MR) is 113 cm³/mol. The molecule has 7 nitrogen and oxygen atoms in total. The highest BCUT2D eigenvalue weighted by Crippen LogP contribution is 2.33. The lowest BCUT2D eigenvalue weighted by atomic mass is 10.2. The number of rotatable bonds is 6. The van der Waals surface area contributed by atoms with Crippen LogP contribution < -0.4 is 18.9 Å². The molecule has 156 valence electrons. The standard InChI is InChI=1S/C24H18O7/c25-23(7-3-1-5-17-9-11-19-21(13-17)29-15-27-19)31-24(26)8-4-2-6-18-10-12-20-22(14-18)30-16-28-20/h1-14H,15-16H2/b5-1+,6-2+,7-3+,8-4+. The summed E-state index contributed by atoms with van der Waals surface area (Å²) in [6.07, 6.45) is 12.2. The SMILES string of the molecule is O=C(/C=C/C=C/c1ccc2c(c1)OCO2)OC(=O)/C=C/C=C/c1ccc2c(c1)OCO2. The second kappa shape index (κ2) is 9.49. The normalized spacial score (nSPS) is 14.3. The molecule has 4 rings (SSSR count). The molecule has 2 aromatic carbocycles. The second-order valence-electron chi connectivity index (χ2n) is 6.40. The van der Waals surface area contributed by atoms with Crippen molar-refractivity contribution in [2.45, 2.75) is 0 Å². The molecule has 2 heterocycles. The van der Waals surface area contributed by atoms with Crippen LogP contribution in [-0.2, 0) is 14.3 Å². The van der Waals surface area contributed by atoms with Crippen molar-refractivity contribution in [2.75, 3.05) is 13.6 Å². The van der Waals surface area contributed by atoms with Crippen molar-refractivity contribution in [1.29, 1.82) is 0 Å². The minimum Gasteiger partial charge on any atom is -0.454 e. The van der Waals surface area contributed by atoms with Gasteiger partial charge in [0.1, 0.15) is 0 Å². The first-order valence-corrected chi connectivity index (χ1v) is 9.42. The average Bonchev–Trinajstić information content (AvgIpc) is 3.42. The molecule has 0 N–H and O–H groups in total. The number of hydrogen-bond donors (Lipinski definition) is 0. The third-order valence-electron chi connectivity index (χ3n) is 4.26. The van der Waals surface area contributed by atoms with Gasteiger partial charge in [-0.1, -0.05) is 48.6 Å². The van der Waals surface area contributed by atoms with Gasteiger partial charge >= 0.3 is 11.9 Å². The quantitative estimate of drug-likeness (QED) is 0.303. The fraction of sp³-hybridized carbons (Fsp3) is 0.0833. The summed E-state index contributed by atoms with van der Waals surface area (Å²) in [5, 5.41) is 0. The number of benzene rings is 2. The summed E-state index contributed by atoms with van der Waals surface area (Å²) >= 11 is 0. The summed E-state index contributed by atoms with van der Waals surface area (Å²) in [4.78, 5) is 23.4. The van der Waals surface area contributed by atoms with E-state index in [4.69, 9.17) is 18.9 Å². The second-order valence-corrected chi connectivity index (χ2v) is 6.40. The van der Waals surface area contributed by atoms with Crippen molar-refractivity contribution in [3.8, 4) is 23.0 Å². The molecule has 0 aliphatic carbocycles. The highest BCUT2D eigenvalue weighted by Gasteiger charge is 2.13. The van der Waals surface area contributed by atoms with Crippen molar-refractivity contribution in [3.63, 3.8) is 0 Å². The number of allylic oxidation sites excluding steroid dienone is 4. The van der Waals surface area contributed by atoms with E-state index in [2.05, 4.69) is 4.74 Å². The lowest BCUT2D eigenvalue weighted by Crippen LogP contribution is -2.06. The van der Waals surface area contributed by atoms with Crippen molar-refractivity contribution in [3.05, 3.63) is 84.0 Å². The number of hydrogen-bond acceptors (Lipinski definition) is 7. The Balaban J connectivity index is 1.22. The summed E-state index contributed by atoms with van der Waals surface area (Å²) in [6, 6.07) is 11.0. The maximum atomic E-state index is 11.7. The van der Waals surface area contributed by atoms with Crippen LogP contribution in [0.2, 0.25) is 0 Å². The third-order valence-corrected chi connectivity index (χ3v) is 4.26. The lowest BCUT2D eigenvalue weighted by Gasteiger charge is -1.97. The van der Waals surface area contributed by atoms with Crippen LogP contribution in [0.1, 0.15) is 11.1 Å². The molecular formula is C24H18O7. The molecule has 0 bridgehead atoms. The number of carbonyl (C=O) groups excluding carboxylic acids is 2. The van der Waals surface area contributed by atoms with Gasteiger partial charge in [0, 0.05) is 12.2 Å². The maximum Gasteiger partial charge on any atom is 0.338 e. The smallest absolute Gasteiger partial charge is 0.338 e. The van der Waals surface area contributed by atoms with Crippen LogP contribution in [0, 0.1) is 0 Å². The van der Waals surface area contributed by atoms with Gasteiger partial charge in [-0.15, -0.1) is 0 Å². The van der Waals surface area contributed by atoms with Crippen molar-refractivity contribution < 1.29 is 33.3 Å². The van der Waals surface area contributed by atoms with E-state index in [1.54, 1.807) is 24.3 Å². The molecule has 0 radical (unpaired) electrons. The Kier molecular flexibility index (Phi) is 6.13. The molecule has 2 aliphatic heterocycles. The molecular weight excluding hydrogens is 400 g/mol. The molecule has 0 aromatic heterocycles. The molecule has 0 unspecified atom stereocenters. The van der Waals surface area contributed by atoms with E-state index in [9.17, 15) is 9.59 Å². The zero-order chi connectivity index (χ0) is 21.5. The molecule has 0 fully saturated rings. The largest absolute Gasteiger partial charge is 0.454 e. The first-order chi connectivity index (χ1) is 15.2. The van der Waals surface area contributed by atoms with Crippen LogP contribution in [0.5, 0.6) is 23.0 Å². The Labute approximate surface area is 178 Å². The Morgan fingerprint density at radius 1 is 0.645 bits per heavy atom. The fourth-order valence-electron chi connectivity index (χ4n) is 2.80. The first kappa shape index (κ1) is 20.0. The molecule has 0 saturated carbocycles. The van der Waals surface area contributed by atoms with Gasteiger partial charge < -0.3 is 23.7 Å². The molecule has 2 aromatic rings. The highest BCUT2D eigenvalue weighted by molar-refractivity contribution is 5.96. The van der Waals surface area contributed by atoms with Crippen molar-refractivity contribution >= 4 is 24.1 Å². The topological polar surface area (TPSA) is 80.3 Å². The van der Waals surface area contributed by atoms with Gasteiger partial charge in [-0.25, -0.2) is 9.59 Å². The molecule has 0 spiro atoms. The van der Waals surface area contributed by atoms with Crippen LogP contribution >= 0.6 is 0 Å². The van der Waals surface area contributed by atoms with E-state index < -0.39 is 11.9 Å². The van der Waals surface area contributed by atoms with Crippen LogP contribution in [0.4, 0.5) is 0 Å². The van der Waals surface area contributed by atoms with E-state index >= 15 is 0 Å². The molecule has 7 heteroatoms. The van der Waals surface area contributed by atoms with E-state index in [0.717, 1.165) is 23.3 Å². The zero-order valence-electron chi connectivity index (χ0n) is 16.4. The van der Waals surface area contributed by atoms with Crippen LogP contribution in [0.25, 0.3) is 12.2 Å². The first-order valence-electron chi connectivity index (χ1n) is 9.42. The number of esters is 2. The maximum absolute atomic E-state index is 11.7. The van der Waals surface area contributed by atoms with E-state index in [1.807, 2.05) is 36.4 Å². The summed E-state index contributed by atoms with van der Waals surface area (Å²) in [5.41, 5.74) is 1.77. The predicted octanol–water partition coefficient (Wildman–Crippen LogP) is 4.05. The van der Waals surface area contributed by atoms with Gasteiger partial charge in [0.2, 0.25) is 13.6 Å². The summed E-state index contributed by atoms with van der Waals surface area (Å²) < 4.78 is 25.8. The molecule has 0 amide bonds. The monoisotopic (exact) mass is 418 g/mol. The molecule has 31 heavy (non-hydrogen) atoms. The van der Waals surface area contributed by atoms with Crippen LogP contribution in [-0.4, -0.2) is 25.5 Å². The van der Waals surface area contributed by atoms with E-state index in [0.29, 0.717) is 23.0 Å². The molecule has 0 atom stereocenters. The van der Waals surface area contributed by atoms with Gasteiger partial charge in [-0.3, -0.25) is 0 Å². The van der Waals surface area contributed by atoms with E-state index in [1.165, 1.54) is 12.2 Å². The van der Waals surface area contributed by atoms with Gasteiger partial charge in [0.05, 0.1) is 0 Å². The number of ether oxygens (including phenoxy) is 5. The molecule has 2 aliphatic rings. The average molecular weight is 418 g/mol. The third kappa shape index (κ3) is 5.42. The van der Waals surface area contributed by atoms with Gasteiger partial charge in [0.25, 0.3) is 0 Å². The number of carbonyl (C=O) groups is 2. The van der Waals surface area contributed by atoms with Crippen LogP contribution in [0.15, 0.2) is 72.9 Å². The fourth-order valence-corrected chi connectivity index (χ4v) is 2.80. The van der Waals surface area contributed by atoms with Crippen molar-refractivity contribution in [2.24, 2.45) is 0 Å². The minimum absolute atomic E-state index is 0.213. The Hall–Kier alpha value is -4.26. The number of fused-ring (bicyclic) bond motifs is 2. The summed E-state index contributed by atoms with van der Waals surface area (Å²) in [5.74, 6) is 1.24.